The standard InChI is InChI=1S/C36H22O/c1-2-11-24-22-25(21-20-23(24)10-1)34-27-13-3-5-15-29(27)35(30-16-6-4-14-28(30)34)32-18-9-17-31-26-12-7-8-19-33(26)37-36(31)32/h1-22H/i3D,4D,5D,6D,7D,8D,12D,13D,14D,15D,16D,19D. The first-order valence-corrected chi connectivity index (χ1v) is 11.7. The van der Waals surface area contributed by atoms with Crippen molar-refractivity contribution in [3.05, 3.63) is 133 Å². The molecule has 1 nitrogen and oxygen atoms in total. The van der Waals surface area contributed by atoms with E-state index in [2.05, 4.69) is 0 Å². The molecular formula is C36H22O. The molecule has 0 spiro atoms. The summed E-state index contributed by atoms with van der Waals surface area (Å²) in [4.78, 5) is 0. The van der Waals surface area contributed by atoms with Crippen molar-refractivity contribution in [1.29, 1.82) is 0 Å². The zero-order valence-electron chi connectivity index (χ0n) is 31.2. The second kappa shape index (κ2) is 7.81. The van der Waals surface area contributed by atoms with Gasteiger partial charge in [-0.3, -0.25) is 0 Å². The van der Waals surface area contributed by atoms with Gasteiger partial charge in [-0.05, 0) is 55.6 Å². The fourth-order valence-electron chi connectivity index (χ4n) is 5.24. The molecule has 7 aromatic carbocycles. The van der Waals surface area contributed by atoms with Gasteiger partial charge in [-0.2, -0.15) is 0 Å². The summed E-state index contributed by atoms with van der Waals surface area (Å²) < 4.78 is 111. The SMILES string of the molecule is [2H]c1c([2H])c([2H])c2c(oc3c(-c4c5c([2H])c([2H])c([2H])c([2H])c5c(-c5ccc6ccccc6c5)c5c([2H])c([2H])c([2H])c([2H])c45)cccc32)c1[2H]. The summed E-state index contributed by atoms with van der Waals surface area (Å²) in [7, 11) is 0. The maximum atomic E-state index is 9.22. The van der Waals surface area contributed by atoms with Crippen molar-refractivity contribution < 1.29 is 20.9 Å². The zero-order chi connectivity index (χ0) is 34.8. The Hall–Kier alpha value is -4.88. The Bertz CT molecular complexity index is 2720. The van der Waals surface area contributed by atoms with E-state index in [1.807, 2.05) is 36.4 Å². The Kier molecular flexibility index (Phi) is 2.51. The molecule has 0 aliphatic carbocycles. The van der Waals surface area contributed by atoms with Crippen LogP contribution in [-0.2, 0) is 0 Å². The molecule has 1 heterocycles. The second-order valence-corrected chi connectivity index (χ2v) is 8.80. The lowest BCUT2D eigenvalue weighted by Crippen LogP contribution is -1.91. The summed E-state index contributed by atoms with van der Waals surface area (Å²) in [6.07, 6.45) is 0. The van der Waals surface area contributed by atoms with Gasteiger partial charge in [-0.25, -0.2) is 0 Å². The van der Waals surface area contributed by atoms with Gasteiger partial charge >= 0.3 is 0 Å². The van der Waals surface area contributed by atoms with E-state index >= 15 is 0 Å². The van der Waals surface area contributed by atoms with Crippen LogP contribution >= 0.6 is 0 Å². The van der Waals surface area contributed by atoms with E-state index in [0.717, 1.165) is 10.8 Å². The summed E-state index contributed by atoms with van der Waals surface area (Å²) in [6, 6.07) is 12.4. The van der Waals surface area contributed by atoms with E-state index in [1.54, 1.807) is 24.3 Å². The van der Waals surface area contributed by atoms with Crippen molar-refractivity contribution in [2.75, 3.05) is 0 Å². The van der Waals surface area contributed by atoms with Gasteiger partial charge in [0.15, 0.2) is 0 Å². The Morgan fingerprint density at radius 2 is 1.11 bits per heavy atom. The number of benzene rings is 7. The number of furan rings is 1. The highest BCUT2D eigenvalue weighted by molar-refractivity contribution is 6.24. The van der Waals surface area contributed by atoms with E-state index < -0.39 is 66.5 Å². The van der Waals surface area contributed by atoms with Crippen LogP contribution in [0.25, 0.3) is 76.5 Å². The minimum atomic E-state index is -0.542. The van der Waals surface area contributed by atoms with E-state index in [1.165, 1.54) is 0 Å². The summed E-state index contributed by atoms with van der Waals surface area (Å²) in [6.45, 7) is 0. The first kappa shape index (κ1) is 11.9. The average molecular weight is 483 g/mol. The second-order valence-electron chi connectivity index (χ2n) is 8.80. The van der Waals surface area contributed by atoms with Crippen molar-refractivity contribution >= 4 is 54.3 Å². The summed E-state index contributed by atoms with van der Waals surface area (Å²) >= 11 is 0. The molecule has 0 amide bonds. The van der Waals surface area contributed by atoms with Gasteiger partial charge in [0.2, 0.25) is 0 Å². The van der Waals surface area contributed by atoms with E-state index in [0.29, 0.717) is 10.9 Å². The topological polar surface area (TPSA) is 13.1 Å². The molecular weight excluding hydrogens is 448 g/mol. The van der Waals surface area contributed by atoms with Crippen LogP contribution in [0.1, 0.15) is 16.4 Å². The predicted molar refractivity (Wildman–Crippen MR) is 157 cm³/mol. The Morgan fingerprint density at radius 3 is 1.84 bits per heavy atom. The molecule has 1 aromatic heterocycles. The molecule has 0 unspecified atom stereocenters. The predicted octanol–water partition coefficient (Wildman–Crippen LogP) is 10.4. The molecule has 0 saturated heterocycles. The highest BCUT2D eigenvalue weighted by Crippen LogP contribution is 2.46. The average Bonchev–Trinajstić information content (AvgIpc) is 3.51. The Morgan fingerprint density at radius 1 is 0.486 bits per heavy atom. The molecule has 0 saturated carbocycles. The van der Waals surface area contributed by atoms with Crippen molar-refractivity contribution in [2.24, 2.45) is 0 Å². The van der Waals surface area contributed by atoms with Crippen LogP contribution < -0.4 is 0 Å². The number of fused-ring (bicyclic) bond motifs is 6. The third-order valence-corrected chi connectivity index (χ3v) is 6.82. The summed E-state index contributed by atoms with van der Waals surface area (Å²) in [5.74, 6) is 0. The molecule has 8 aromatic rings. The van der Waals surface area contributed by atoms with Gasteiger partial charge in [0.25, 0.3) is 0 Å². The zero-order valence-corrected chi connectivity index (χ0v) is 19.2. The van der Waals surface area contributed by atoms with Gasteiger partial charge < -0.3 is 4.42 Å². The van der Waals surface area contributed by atoms with Crippen molar-refractivity contribution in [1.82, 2.24) is 0 Å². The largest absolute Gasteiger partial charge is 0.455 e. The molecule has 0 aliphatic heterocycles. The first-order chi connectivity index (χ1) is 23.3. The minimum Gasteiger partial charge on any atom is -0.455 e. The van der Waals surface area contributed by atoms with Gasteiger partial charge in [0, 0.05) is 21.9 Å². The maximum Gasteiger partial charge on any atom is 0.143 e. The van der Waals surface area contributed by atoms with Crippen molar-refractivity contribution in [2.45, 2.75) is 0 Å². The molecule has 0 atom stereocenters. The Labute approximate surface area is 231 Å². The monoisotopic (exact) mass is 482 g/mol. The van der Waals surface area contributed by atoms with Crippen molar-refractivity contribution in [3.63, 3.8) is 0 Å². The van der Waals surface area contributed by atoms with Crippen LogP contribution in [-0.4, -0.2) is 0 Å². The molecule has 0 aliphatic rings. The lowest BCUT2D eigenvalue weighted by atomic mass is 9.85. The van der Waals surface area contributed by atoms with E-state index in [4.69, 9.17) is 15.4 Å². The van der Waals surface area contributed by atoms with E-state index in [-0.39, 0.29) is 60.8 Å². The van der Waals surface area contributed by atoms with Crippen LogP contribution in [0.3, 0.4) is 0 Å². The van der Waals surface area contributed by atoms with Crippen molar-refractivity contribution in [3.8, 4) is 22.3 Å². The highest BCUT2D eigenvalue weighted by atomic mass is 16.3. The van der Waals surface area contributed by atoms with Gasteiger partial charge in [-0.15, -0.1) is 0 Å². The van der Waals surface area contributed by atoms with Crippen LogP contribution in [0.15, 0.2) is 138 Å². The summed E-state index contributed by atoms with van der Waals surface area (Å²) in [5.41, 5.74) is 0.925. The normalized spacial score (nSPS) is 16.3. The molecule has 0 N–H and O–H groups in total. The van der Waals surface area contributed by atoms with Crippen LogP contribution in [0.4, 0.5) is 0 Å². The Balaban J connectivity index is 1.69. The molecule has 0 radical (unpaired) electrons. The fourth-order valence-corrected chi connectivity index (χ4v) is 5.24. The van der Waals surface area contributed by atoms with Gasteiger partial charge in [-0.1, -0.05) is 121 Å². The molecule has 0 fully saturated rings. The summed E-state index contributed by atoms with van der Waals surface area (Å²) in [5, 5.41) is 2.25. The molecule has 37 heavy (non-hydrogen) atoms. The van der Waals surface area contributed by atoms with Crippen LogP contribution in [0, 0.1) is 0 Å². The third kappa shape index (κ3) is 2.98. The molecule has 0 bridgehead atoms. The minimum absolute atomic E-state index is 0.000740. The first-order valence-electron chi connectivity index (χ1n) is 17.7. The van der Waals surface area contributed by atoms with Gasteiger partial charge in [0.1, 0.15) is 11.2 Å². The van der Waals surface area contributed by atoms with E-state index in [9.17, 15) is 5.48 Å². The molecule has 172 valence electrons. The molecule has 8 rings (SSSR count). The number of rotatable bonds is 2. The third-order valence-electron chi connectivity index (χ3n) is 6.82. The van der Waals surface area contributed by atoms with Crippen LogP contribution in [0.2, 0.25) is 0 Å². The number of para-hydroxylation sites is 2. The number of hydrogen-bond acceptors (Lipinski definition) is 1. The quantitative estimate of drug-likeness (QED) is 0.223. The molecule has 1 heteroatoms. The maximum absolute atomic E-state index is 9.22. The van der Waals surface area contributed by atoms with Gasteiger partial charge in [0.05, 0.1) is 16.4 Å². The number of hydrogen-bond donors (Lipinski definition) is 0. The highest BCUT2D eigenvalue weighted by Gasteiger charge is 2.20. The van der Waals surface area contributed by atoms with Crippen LogP contribution in [0.5, 0.6) is 0 Å². The fraction of sp³-hybridized carbons (Fsp3) is 0. The smallest absolute Gasteiger partial charge is 0.143 e. The lowest BCUT2D eigenvalue weighted by Gasteiger charge is -2.18. The lowest BCUT2D eigenvalue weighted by molar-refractivity contribution is 0.670.